The van der Waals surface area contributed by atoms with Crippen LogP contribution in [0.25, 0.3) is 0 Å². The number of hydrogen-bond donors (Lipinski definition) is 2. The van der Waals surface area contributed by atoms with Gasteiger partial charge in [-0.15, -0.1) is 11.3 Å². The summed E-state index contributed by atoms with van der Waals surface area (Å²) in [5, 5.41) is 5.44. The highest BCUT2D eigenvalue weighted by atomic mass is 32.1. The van der Waals surface area contributed by atoms with Crippen molar-refractivity contribution in [1.29, 1.82) is 0 Å². The van der Waals surface area contributed by atoms with Crippen molar-refractivity contribution in [2.24, 2.45) is 5.92 Å². The third-order valence-corrected chi connectivity index (χ3v) is 5.86. The molecule has 1 aliphatic rings. The lowest BCUT2D eigenvalue weighted by atomic mass is 9.99. The number of aromatic nitrogens is 2. The summed E-state index contributed by atoms with van der Waals surface area (Å²) in [5.74, 6) is 0.511. The van der Waals surface area contributed by atoms with Crippen LogP contribution in [0, 0.1) is 19.8 Å². The van der Waals surface area contributed by atoms with Gasteiger partial charge in [0.15, 0.2) is 10.9 Å². The zero-order chi connectivity index (χ0) is 18.8. The van der Waals surface area contributed by atoms with Crippen LogP contribution in [0.2, 0.25) is 0 Å². The van der Waals surface area contributed by atoms with Gasteiger partial charge in [-0.25, -0.2) is 4.98 Å². The Kier molecular flexibility index (Phi) is 5.58. The van der Waals surface area contributed by atoms with Gasteiger partial charge in [0.05, 0.1) is 5.69 Å². The van der Waals surface area contributed by atoms with E-state index in [0.29, 0.717) is 22.0 Å². The number of piperidine rings is 1. The first-order valence-corrected chi connectivity index (χ1v) is 9.91. The van der Waals surface area contributed by atoms with Crippen LogP contribution in [-0.2, 0) is 6.54 Å². The lowest BCUT2D eigenvalue weighted by Crippen LogP contribution is -2.32. The van der Waals surface area contributed by atoms with E-state index in [1.54, 1.807) is 6.92 Å². The van der Waals surface area contributed by atoms with Crippen LogP contribution in [0.4, 0.5) is 5.13 Å². The van der Waals surface area contributed by atoms with Gasteiger partial charge in [0, 0.05) is 23.2 Å². The van der Waals surface area contributed by atoms with E-state index in [0.717, 1.165) is 36.9 Å². The molecule has 3 heterocycles. The van der Waals surface area contributed by atoms with Gasteiger partial charge in [-0.05, 0) is 58.2 Å². The van der Waals surface area contributed by atoms with Crippen molar-refractivity contribution in [3.05, 3.63) is 33.6 Å². The van der Waals surface area contributed by atoms with Crippen molar-refractivity contribution in [3.63, 3.8) is 0 Å². The van der Waals surface area contributed by atoms with E-state index in [2.05, 4.69) is 27.1 Å². The van der Waals surface area contributed by atoms with Crippen molar-refractivity contribution >= 4 is 28.2 Å². The highest BCUT2D eigenvalue weighted by molar-refractivity contribution is 7.13. The number of hydrogen-bond acceptors (Lipinski definition) is 5. The maximum Gasteiger partial charge on any atom is 0.274 e. The minimum Gasteiger partial charge on any atom is -0.354 e. The van der Waals surface area contributed by atoms with Crippen molar-refractivity contribution < 1.29 is 9.59 Å². The second-order valence-corrected chi connectivity index (χ2v) is 8.10. The van der Waals surface area contributed by atoms with Gasteiger partial charge in [-0.3, -0.25) is 19.8 Å². The topological polar surface area (TPSA) is 78.1 Å². The van der Waals surface area contributed by atoms with Crippen molar-refractivity contribution in [1.82, 2.24) is 14.9 Å². The van der Waals surface area contributed by atoms with E-state index in [-0.39, 0.29) is 11.7 Å². The molecule has 0 atom stereocenters. The number of anilines is 1. The predicted molar refractivity (Wildman–Crippen MR) is 104 cm³/mol. The van der Waals surface area contributed by atoms with Gasteiger partial charge in [-0.1, -0.05) is 6.92 Å². The number of ketones is 1. The Morgan fingerprint density at radius 1 is 1.35 bits per heavy atom. The second kappa shape index (κ2) is 7.72. The third-order valence-electron chi connectivity index (χ3n) is 5.05. The minimum absolute atomic E-state index is 0.0392. The molecule has 0 bridgehead atoms. The van der Waals surface area contributed by atoms with Crippen LogP contribution in [0.1, 0.15) is 64.5 Å². The van der Waals surface area contributed by atoms with Crippen LogP contribution >= 0.6 is 11.3 Å². The molecule has 6 nitrogen and oxygen atoms in total. The lowest BCUT2D eigenvalue weighted by molar-refractivity contribution is 0.101. The fraction of sp³-hybridized carbons (Fsp3) is 0.526. The summed E-state index contributed by atoms with van der Waals surface area (Å²) >= 11 is 1.43. The van der Waals surface area contributed by atoms with Crippen molar-refractivity contribution in [2.45, 2.75) is 47.1 Å². The average molecular weight is 375 g/mol. The molecule has 0 aliphatic carbocycles. The van der Waals surface area contributed by atoms with E-state index in [1.807, 2.05) is 12.3 Å². The van der Waals surface area contributed by atoms with Crippen LogP contribution in [0.15, 0.2) is 5.38 Å². The van der Waals surface area contributed by atoms with E-state index in [4.69, 9.17) is 0 Å². The monoisotopic (exact) mass is 374 g/mol. The molecule has 1 amide bonds. The number of rotatable bonds is 5. The molecule has 1 saturated heterocycles. The molecule has 0 saturated carbocycles. The molecule has 1 fully saturated rings. The fourth-order valence-corrected chi connectivity index (χ4v) is 4.25. The van der Waals surface area contributed by atoms with Gasteiger partial charge in [0.2, 0.25) is 0 Å². The highest BCUT2D eigenvalue weighted by Gasteiger charge is 2.21. The van der Waals surface area contributed by atoms with Gasteiger partial charge < -0.3 is 4.98 Å². The van der Waals surface area contributed by atoms with Gasteiger partial charge in [0.25, 0.3) is 5.91 Å². The Hall–Kier alpha value is -1.99. The molecule has 140 valence electrons. The fourth-order valence-electron chi connectivity index (χ4n) is 3.55. The Morgan fingerprint density at radius 3 is 2.65 bits per heavy atom. The number of aryl methyl sites for hydroxylation is 1. The van der Waals surface area contributed by atoms with Crippen LogP contribution < -0.4 is 5.32 Å². The number of amides is 1. The molecule has 2 N–H and O–H groups in total. The van der Waals surface area contributed by atoms with E-state index < -0.39 is 0 Å². The molecule has 26 heavy (non-hydrogen) atoms. The van der Waals surface area contributed by atoms with Crippen molar-refractivity contribution in [3.8, 4) is 0 Å². The smallest absolute Gasteiger partial charge is 0.274 e. The number of H-pyrrole nitrogens is 1. The van der Waals surface area contributed by atoms with Gasteiger partial charge in [-0.2, -0.15) is 0 Å². The van der Waals surface area contributed by atoms with E-state index in [9.17, 15) is 9.59 Å². The maximum atomic E-state index is 12.6. The Labute approximate surface area is 158 Å². The van der Waals surface area contributed by atoms with Crippen molar-refractivity contribution in [2.75, 3.05) is 18.4 Å². The molecule has 3 rings (SSSR count). The van der Waals surface area contributed by atoms with E-state index in [1.165, 1.54) is 31.1 Å². The summed E-state index contributed by atoms with van der Waals surface area (Å²) < 4.78 is 0. The Bertz CT molecular complexity index is 816. The zero-order valence-electron chi connectivity index (χ0n) is 15.8. The molecule has 1 aliphatic heterocycles. The minimum atomic E-state index is -0.259. The summed E-state index contributed by atoms with van der Waals surface area (Å²) in [6, 6.07) is 0. The van der Waals surface area contributed by atoms with E-state index >= 15 is 0 Å². The largest absolute Gasteiger partial charge is 0.354 e. The first-order chi connectivity index (χ1) is 12.3. The summed E-state index contributed by atoms with van der Waals surface area (Å²) in [6.45, 7) is 10.5. The van der Waals surface area contributed by atoms with Gasteiger partial charge in [0.1, 0.15) is 5.69 Å². The summed E-state index contributed by atoms with van der Waals surface area (Å²) in [6.07, 6.45) is 2.47. The number of thiazole rings is 1. The second-order valence-electron chi connectivity index (χ2n) is 7.24. The van der Waals surface area contributed by atoms with Crippen LogP contribution in [0.3, 0.4) is 0 Å². The number of carbonyl (C=O) groups excluding carboxylic acids is 2. The molecule has 0 spiro atoms. The number of nitrogens with zero attached hydrogens (tertiary/aromatic N) is 2. The zero-order valence-corrected chi connectivity index (χ0v) is 16.6. The average Bonchev–Trinajstić information content (AvgIpc) is 3.13. The quantitative estimate of drug-likeness (QED) is 0.781. The Morgan fingerprint density at radius 2 is 2.04 bits per heavy atom. The molecule has 0 aromatic carbocycles. The predicted octanol–water partition coefficient (Wildman–Crippen LogP) is 3.77. The Balaban J connectivity index is 1.65. The van der Waals surface area contributed by atoms with Crippen LogP contribution in [-0.4, -0.2) is 39.6 Å². The number of Topliss-reactive ketones (excluding diaryl/α,β-unsaturated/α-hetero) is 1. The highest BCUT2D eigenvalue weighted by Crippen LogP contribution is 2.23. The molecule has 0 unspecified atom stereocenters. The molecule has 7 heteroatoms. The summed E-state index contributed by atoms with van der Waals surface area (Å²) in [4.78, 5) is 34.3. The normalized spacial score (nSPS) is 16.0. The molecular weight excluding hydrogens is 348 g/mol. The number of aromatic amines is 1. The first kappa shape index (κ1) is 18.8. The maximum absolute atomic E-state index is 12.6. The van der Waals surface area contributed by atoms with Gasteiger partial charge >= 0.3 is 0 Å². The molecule has 2 aromatic heterocycles. The molecular formula is C19H26N4O2S. The van der Waals surface area contributed by atoms with Crippen LogP contribution in [0.5, 0.6) is 0 Å². The summed E-state index contributed by atoms with van der Waals surface area (Å²) in [5.41, 5.74) is 3.42. The number of nitrogens with one attached hydrogen (secondary N) is 2. The molecule has 0 radical (unpaired) electrons. The number of carbonyl (C=O) groups is 2. The third kappa shape index (κ3) is 4.04. The lowest BCUT2D eigenvalue weighted by Gasteiger charge is -2.29. The first-order valence-electron chi connectivity index (χ1n) is 9.03. The standard InChI is InChI=1S/C19H26N4O2S/c1-11-5-7-23(8-6-11)9-15-10-26-19(21-15)22-18(25)17-12(2)16(14(4)24)13(3)20-17/h10-11,20H,5-9H2,1-4H3,(H,21,22,25). The SMILES string of the molecule is CC(=O)c1c(C)[nH]c(C(=O)Nc2nc(CN3CCC(C)CC3)cs2)c1C. The molecule has 2 aromatic rings. The summed E-state index contributed by atoms with van der Waals surface area (Å²) in [7, 11) is 0. The number of likely N-dealkylation sites (tertiary alicyclic amines) is 1.